The van der Waals surface area contributed by atoms with Crippen molar-refractivity contribution < 1.29 is 18.7 Å². The van der Waals surface area contributed by atoms with E-state index in [1.165, 1.54) is 24.4 Å². The molecule has 0 aliphatic rings. The number of benzene rings is 2. The van der Waals surface area contributed by atoms with Gasteiger partial charge in [0.05, 0.1) is 20.4 Å². The smallest absolute Gasteiger partial charge is 0.271 e. The maximum atomic E-state index is 13.1. The van der Waals surface area contributed by atoms with Gasteiger partial charge in [0, 0.05) is 11.1 Å². The highest BCUT2D eigenvalue weighted by Crippen LogP contribution is 2.29. The zero-order valence-corrected chi connectivity index (χ0v) is 13.1. The second kappa shape index (κ2) is 7.40. The van der Waals surface area contributed by atoms with Crippen LogP contribution in [0.15, 0.2) is 41.5 Å². The SMILES string of the molecule is COc1cc(C)c(/C=N\NC(=O)c2cccc(F)c2)cc1OC. The van der Waals surface area contributed by atoms with Crippen LogP contribution >= 0.6 is 0 Å². The molecule has 0 spiro atoms. The molecule has 6 heteroatoms. The van der Waals surface area contributed by atoms with Crippen LogP contribution < -0.4 is 14.9 Å². The molecular weight excluding hydrogens is 299 g/mol. The third-order valence-corrected chi connectivity index (χ3v) is 3.23. The molecule has 1 N–H and O–H groups in total. The van der Waals surface area contributed by atoms with Gasteiger partial charge in [-0.1, -0.05) is 6.07 Å². The lowest BCUT2D eigenvalue weighted by Gasteiger charge is -2.10. The molecule has 0 saturated heterocycles. The Morgan fingerprint density at radius 1 is 1.17 bits per heavy atom. The first-order valence-electron chi connectivity index (χ1n) is 6.86. The number of nitrogens with zero attached hydrogens (tertiary/aromatic N) is 1. The summed E-state index contributed by atoms with van der Waals surface area (Å²) in [5.74, 6) is 0.221. The van der Waals surface area contributed by atoms with Gasteiger partial charge in [-0.25, -0.2) is 9.82 Å². The molecule has 2 rings (SSSR count). The lowest BCUT2D eigenvalue weighted by molar-refractivity contribution is 0.0954. The van der Waals surface area contributed by atoms with E-state index < -0.39 is 11.7 Å². The zero-order valence-electron chi connectivity index (χ0n) is 13.1. The van der Waals surface area contributed by atoms with Crippen molar-refractivity contribution in [2.75, 3.05) is 14.2 Å². The lowest BCUT2D eigenvalue weighted by atomic mass is 10.1. The third-order valence-electron chi connectivity index (χ3n) is 3.23. The van der Waals surface area contributed by atoms with Gasteiger partial charge in [0.25, 0.3) is 5.91 Å². The molecule has 1 amide bonds. The van der Waals surface area contributed by atoms with Crippen LogP contribution in [-0.2, 0) is 0 Å². The number of halogens is 1. The Bertz CT molecular complexity index is 745. The van der Waals surface area contributed by atoms with E-state index in [2.05, 4.69) is 10.5 Å². The van der Waals surface area contributed by atoms with Gasteiger partial charge in [-0.15, -0.1) is 0 Å². The average Bonchev–Trinajstić information content (AvgIpc) is 2.55. The first-order valence-corrected chi connectivity index (χ1v) is 6.86. The van der Waals surface area contributed by atoms with Crippen LogP contribution in [0.1, 0.15) is 21.5 Å². The van der Waals surface area contributed by atoms with Crippen molar-refractivity contribution in [2.45, 2.75) is 6.92 Å². The monoisotopic (exact) mass is 316 g/mol. The van der Waals surface area contributed by atoms with Gasteiger partial charge in [-0.3, -0.25) is 4.79 Å². The Morgan fingerprint density at radius 3 is 2.52 bits per heavy atom. The Kier molecular flexibility index (Phi) is 5.30. The van der Waals surface area contributed by atoms with E-state index in [1.807, 2.05) is 13.0 Å². The maximum Gasteiger partial charge on any atom is 0.271 e. The number of methoxy groups -OCH3 is 2. The molecule has 0 aliphatic carbocycles. The van der Waals surface area contributed by atoms with E-state index in [0.717, 1.165) is 17.2 Å². The molecule has 0 radical (unpaired) electrons. The third kappa shape index (κ3) is 4.06. The fourth-order valence-electron chi connectivity index (χ4n) is 1.99. The second-order valence-corrected chi connectivity index (χ2v) is 4.77. The van der Waals surface area contributed by atoms with Crippen molar-refractivity contribution in [3.05, 3.63) is 58.9 Å². The summed E-state index contributed by atoms with van der Waals surface area (Å²) in [7, 11) is 3.10. The minimum atomic E-state index is -0.487. The molecule has 0 saturated carbocycles. The fraction of sp³-hybridized carbons (Fsp3) is 0.176. The summed E-state index contributed by atoms with van der Waals surface area (Å²) in [5, 5.41) is 3.90. The van der Waals surface area contributed by atoms with Crippen molar-refractivity contribution in [3.63, 3.8) is 0 Å². The highest BCUT2D eigenvalue weighted by atomic mass is 19.1. The largest absolute Gasteiger partial charge is 0.493 e. The summed E-state index contributed by atoms with van der Waals surface area (Å²) in [5.41, 5.74) is 4.23. The Morgan fingerprint density at radius 2 is 1.87 bits per heavy atom. The first-order chi connectivity index (χ1) is 11.0. The van der Waals surface area contributed by atoms with Crippen LogP contribution in [0, 0.1) is 12.7 Å². The molecule has 120 valence electrons. The number of carbonyl (C=O) groups excluding carboxylic acids is 1. The van der Waals surface area contributed by atoms with Gasteiger partial charge in [0.15, 0.2) is 11.5 Å². The van der Waals surface area contributed by atoms with Crippen LogP contribution in [0.2, 0.25) is 0 Å². The standard InChI is InChI=1S/C17H17FN2O3/c1-11-7-15(22-2)16(23-3)9-13(11)10-19-20-17(21)12-5-4-6-14(18)8-12/h4-10H,1-3H3,(H,20,21)/b19-10-. The predicted molar refractivity (Wildman–Crippen MR) is 85.7 cm³/mol. The van der Waals surface area contributed by atoms with Crippen molar-refractivity contribution in [1.82, 2.24) is 5.43 Å². The van der Waals surface area contributed by atoms with Crippen LogP contribution in [0.4, 0.5) is 4.39 Å². The van der Waals surface area contributed by atoms with Crippen molar-refractivity contribution in [1.29, 1.82) is 0 Å². The normalized spacial score (nSPS) is 10.6. The summed E-state index contributed by atoms with van der Waals surface area (Å²) in [6.45, 7) is 1.89. The molecule has 23 heavy (non-hydrogen) atoms. The summed E-state index contributed by atoms with van der Waals surface area (Å²) in [6.07, 6.45) is 1.49. The van der Waals surface area contributed by atoms with Crippen LogP contribution in [0.25, 0.3) is 0 Å². The summed E-state index contributed by atoms with van der Waals surface area (Å²) in [6, 6.07) is 8.96. The van der Waals surface area contributed by atoms with E-state index in [1.54, 1.807) is 20.3 Å². The number of hydrogen-bond donors (Lipinski definition) is 1. The van der Waals surface area contributed by atoms with Crippen LogP contribution in [0.5, 0.6) is 11.5 Å². The molecule has 0 heterocycles. The topological polar surface area (TPSA) is 59.9 Å². The molecule has 2 aromatic rings. The second-order valence-electron chi connectivity index (χ2n) is 4.77. The van der Waals surface area contributed by atoms with Crippen molar-refractivity contribution in [2.24, 2.45) is 5.10 Å². The molecular formula is C17H17FN2O3. The van der Waals surface area contributed by atoms with Gasteiger partial charge in [-0.05, 0) is 42.8 Å². The van der Waals surface area contributed by atoms with E-state index in [0.29, 0.717) is 11.5 Å². The fourth-order valence-corrected chi connectivity index (χ4v) is 1.99. The number of rotatable bonds is 5. The molecule has 2 aromatic carbocycles. The van der Waals surface area contributed by atoms with Crippen LogP contribution in [0.3, 0.4) is 0 Å². The van der Waals surface area contributed by atoms with E-state index in [9.17, 15) is 9.18 Å². The Balaban J connectivity index is 2.13. The minimum absolute atomic E-state index is 0.200. The summed E-state index contributed by atoms with van der Waals surface area (Å²) < 4.78 is 23.5. The minimum Gasteiger partial charge on any atom is -0.493 e. The summed E-state index contributed by atoms with van der Waals surface area (Å²) >= 11 is 0. The number of aryl methyl sites for hydroxylation is 1. The number of nitrogens with one attached hydrogen (secondary N) is 1. The molecule has 0 atom stereocenters. The quantitative estimate of drug-likeness (QED) is 0.681. The Labute approximate surface area is 133 Å². The molecule has 5 nitrogen and oxygen atoms in total. The van der Waals surface area contributed by atoms with Gasteiger partial charge in [0.2, 0.25) is 0 Å². The van der Waals surface area contributed by atoms with Gasteiger partial charge >= 0.3 is 0 Å². The number of hydrogen-bond acceptors (Lipinski definition) is 4. The first kappa shape index (κ1) is 16.5. The van der Waals surface area contributed by atoms with Crippen molar-refractivity contribution >= 4 is 12.1 Å². The number of ether oxygens (including phenoxy) is 2. The molecule has 0 aromatic heterocycles. The molecule has 0 fully saturated rings. The number of carbonyl (C=O) groups is 1. The van der Waals surface area contributed by atoms with Gasteiger partial charge < -0.3 is 9.47 Å². The predicted octanol–water partition coefficient (Wildman–Crippen LogP) is 2.92. The van der Waals surface area contributed by atoms with Crippen LogP contribution in [-0.4, -0.2) is 26.3 Å². The lowest BCUT2D eigenvalue weighted by Crippen LogP contribution is -2.17. The molecule has 0 unspecified atom stereocenters. The highest BCUT2D eigenvalue weighted by molar-refractivity contribution is 5.95. The highest BCUT2D eigenvalue weighted by Gasteiger charge is 2.08. The summed E-state index contributed by atoms with van der Waals surface area (Å²) in [4.78, 5) is 11.9. The van der Waals surface area contributed by atoms with E-state index >= 15 is 0 Å². The number of amides is 1. The zero-order chi connectivity index (χ0) is 16.8. The molecule has 0 aliphatic heterocycles. The van der Waals surface area contributed by atoms with Gasteiger partial charge in [0.1, 0.15) is 5.82 Å². The Hall–Kier alpha value is -2.89. The maximum absolute atomic E-state index is 13.1. The number of hydrazone groups is 1. The molecule has 0 bridgehead atoms. The van der Waals surface area contributed by atoms with Crippen molar-refractivity contribution in [3.8, 4) is 11.5 Å². The van der Waals surface area contributed by atoms with E-state index in [-0.39, 0.29) is 5.56 Å². The van der Waals surface area contributed by atoms with E-state index in [4.69, 9.17) is 9.47 Å². The van der Waals surface area contributed by atoms with Gasteiger partial charge in [-0.2, -0.15) is 5.10 Å². The average molecular weight is 316 g/mol.